The van der Waals surface area contributed by atoms with Gasteiger partial charge < -0.3 is 25.2 Å². The number of carboxylic acid groups (broad SMARTS) is 1. The molecule has 0 aliphatic heterocycles. The molecule has 0 atom stereocenters. The van der Waals surface area contributed by atoms with Gasteiger partial charge in [-0.05, 0) is 36.8 Å². The van der Waals surface area contributed by atoms with Gasteiger partial charge in [-0.3, -0.25) is 10.2 Å². The van der Waals surface area contributed by atoms with Gasteiger partial charge in [0.15, 0.2) is 5.96 Å². The van der Waals surface area contributed by atoms with Gasteiger partial charge in [-0.2, -0.15) is 0 Å². The van der Waals surface area contributed by atoms with Crippen molar-refractivity contribution in [2.75, 3.05) is 19.5 Å². The first-order valence-electron chi connectivity index (χ1n) is 7.78. The second-order valence-corrected chi connectivity index (χ2v) is 5.23. The van der Waals surface area contributed by atoms with Gasteiger partial charge in [0.05, 0.1) is 26.3 Å². The number of aliphatic carboxylic acids is 1. The summed E-state index contributed by atoms with van der Waals surface area (Å²) in [4.78, 5) is 13.2. The van der Waals surface area contributed by atoms with Crippen molar-refractivity contribution in [3.05, 3.63) is 47.7 Å². The van der Waals surface area contributed by atoms with Crippen LogP contribution in [0, 0.1) is 12.3 Å². The van der Waals surface area contributed by atoms with E-state index in [-0.39, 0.29) is 5.96 Å². The highest BCUT2D eigenvalue weighted by molar-refractivity contribution is 5.90. The number of anilines is 1. The molecule has 8 heteroatoms. The maximum absolute atomic E-state index is 9.00. The molecule has 0 amide bonds. The van der Waals surface area contributed by atoms with Crippen molar-refractivity contribution in [2.45, 2.75) is 20.4 Å². The third-order valence-corrected chi connectivity index (χ3v) is 3.14. The molecule has 0 saturated carbocycles. The lowest BCUT2D eigenvalue weighted by molar-refractivity contribution is -0.134. The van der Waals surface area contributed by atoms with Crippen LogP contribution in [0.3, 0.4) is 0 Å². The molecule has 1 heterocycles. The van der Waals surface area contributed by atoms with E-state index < -0.39 is 5.97 Å². The van der Waals surface area contributed by atoms with Crippen LogP contribution in [-0.2, 0) is 11.3 Å². The van der Waals surface area contributed by atoms with E-state index in [0.717, 1.165) is 18.1 Å². The third-order valence-electron chi connectivity index (χ3n) is 3.14. The number of aryl methyl sites for hydroxylation is 1. The molecule has 1 aromatic heterocycles. The quantitative estimate of drug-likeness (QED) is 0.478. The topological polar surface area (TPSA) is 117 Å². The van der Waals surface area contributed by atoms with E-state index in [9.17, 15) is 0 Å². The molecule has 0 aliphatic carbocycles. The molecule has 4 N–H and O–H groups in total. The molecular weight excluding hydrogens is 336 g/mol. The number of rotatable bonds is 5. The smallest absolute Gasteiger partial charge is 0.300 e. The summed E-state index contributed by atoms with van der Waals surface area (Å²) in [5.74, 6) is 1.39. The number of pyridine rings is 1. The molecule has 0 unspecified atom stereocenters. The highest BCUT2D eigenvalue weighted by Crippen LogP contribution is 2.27. The molecule has 26 heavy (non-hydrogen) atoms. The Morgan fingerprint density at radius 2 is 1.81 bits per heavy atom. The summed E-state index contributed by atoms with van der Waals surface area (Å²) in [5.41, 5.74) is 1.94. The number of guanidine groups is 1. The summed E-state index contributed by atoms with van der Waals surface area (Å²) in [6.45, 7) is 3.47. The average molecular weight is 360 g/mol. The van der Waals surface area contributed by atoms with Crippen LogP contribution in [0.15, 0.2) is 36.5 Å². The van der Waals surface area contributed by atoms with Crippen LogP contribution in [0.25, 0.3) is 0 Å². The predicted octanol–water partition coefficient (Wildman–Crippen LogP) is 2.63. The number of methoxy groups -OCH3 is 2. The zero-order chi connectivity index (χ0) is 19.5. The number of hydrogen-bond donors (Lipinski definition) is 4. The van der Waals surface area contributed by atoms with Crippen LogP contribution in [0.4, 0.5) is 5.82 Å². The van der Waals surface area contributed by atoms with Crippen LogP contribution in [0.2, 0.25) is 0 Å². The van der Waals surface area contributed by atoms with E-state index in [2.05, 4.69) is 15.6 Å². The Hall–Kier alpha value is -3.29. The van der Waals surface area contributed by atoms with Crippen molar-refractivity contribution in [1.82, 2.24) is 10.3 Å². The number of nitrogens with one attached hydrogen (secondary N) is 3. The molecule has 2 rings (SSSR count). The van der Waals surface area contributed by atoms with Crippen molar-refractivity contribution < 1.29 is 19.4 Å². The Balaban J connectivity index is 0.000000765. The average Bonchev–Trinajstić information content (AvgIpc) is 2.59. The first kappa shape index (κ1) is 20.8. The molecular formula is C18H24N4O4. The molecule has 2 aromatic rings. The minimum absolute atomic E-state index is 0.158. The summed E-state index contributed by atoms with van der Waals surface area (Å²) in [6.07, 6.45) is 1.70. The summed E-state index contributed by atoms with van der Waals surface area (Å²) in [5, 5.41) is 21.3. The van der Waals surface area contributed by atoms with E-state index in [1.807, 2.05) is 37.3 Å². The van der Waals surface area contributed by atoms with Gasteiger partial charge in [0.1, 0.15) is 17.3 Å². The molecule has 0 bridgehead atoms. The van der Waals surface area contributed by atoms with Crippen LogP contribution in [0.5, 0.6) is 11.5 Å². The van der Waals surface area contributed by atoms with Gasteiger partial charge in [0, 0.05) is 13.1 Å². The summed E-state index contributed by atoms with van der Waals surface area (Å²) < 4.78 is 10.7. The maximum Gasteiger partial charge on any atom is 0.300 e. The second-order valence-electron chi connectivity index (χ2n) is 5.23. The predicted molar refractivity (Wildman–Crippen MR) is 100 cm³/mol. The fourth-order valence-electron chi connectivity index (χ4n) is 2.06. The molecule has 0 radical (unpaired) electrons. The Morgan fingerprint density at radius 3 is 2.31 bits per heavy atom. The van der Waals surface area contributed by atoms with Gasteiger partial charge in [0.25, 0.3) is 5.97 Å². The van der Waals surface area contributed by atoms with Crippen LogP contribution in [0.1, 0.15) is 18.1 Å². The van der Waals surface area contributed by atoms with Gasteiger partial charge >= 0.3 is 0 Å². The standard InChI is InChI=1S/C16H20N4O2.C2H4O2/c1-11-7-8-18-15(9-11)20-16(17)19-10-12-13(21-2)5-4-6-14(12)22-3;1-2(3)4/h4-9H,10H2,1-3H3,(H3,17,18,19,20);1H3,(H,3,4). The lowest BCUT2D eigenvalue weighted by Gasteiger charge is -2.15. The normalized spacial score (nSPS) is 9.38. The molecule has 0 aliphatic rings. The first-order valence-corrected chi connectivity index (χ1v) is 7.78. The molecule has 1 aromatic carbocycles. The van der Waals surface area contributed by atoms with Crippen LogP contribution in [-0.4, -0.2) is 36.2 Å². The van der Waals surface area contributed by atoms with Crippen molar-refractivity contribution in [1.29, 1.82) is 5.41 Å². The zero-order valence-electron chi connectivity index (χ0n) is 15.3. The van der Waals surface area contributed by atoms with Crippen molar-refractivity contribution in [2.24, 2.45) is 0 Å². The Labute approximate surface area is 152 Å². The number of carbonyl (C=O) groups is 1. The molecule has 0 saturated heterocycles. The van der Waals surface area contributed by atoms with Crippen molar-refractivity contribution in [3.63, 3.8) is 0 Å². The number of ether oxygens (including phenoxy) is 2. The minimum atomic E-state index is -0.833. The highest BCUT2D eigenvalue weighted by Gasteiger charge is 2.10. The van der Waals surface area contributed by atoms with Crippen LogP contribution < -0.4 is 20.1 Å². The maximum atomic E-state index is 9.00. The van der Waals surface area contributed by atoms with Gasteiger partial charge in [-0.25, -0.2) is 4.98 Å². The number of aromatic nitrogens is 1. The van der Waals surface area contributed by atoms with E-state index >= 15 is 0 Å². The number of benzene rings is 1. The number of carboxylic acids is 1. The Kier molecular flexibility index (Phi) is 8.42. The summed E-state index contributed by atoms with van der Waals surface area (Å²) in [6, 6.07) is 9.36. The summed E-state index contributed by atoms with van der Waals surface area (Å²) >= 11 is 0. The molecule has 0 fully saturated rings. The first-order chi connectivity index (χ1) is 12.4. The zero-order valence-corrected chi connectivity index (χ0v) is 15.3. The van der Waals surface area contributed by atoms with E-state index in [1.165, 1.54) is 0 Å². The van der Waals surface area contributed by atoms with Gasteiger partial charge in [-0.15, -0.1) is 0 Å². The SMILES string of the molecule is CC(=O)O.COc1cccc(OC)c1CNC(=N)Nc1cc(C)ccn1. The Bertz CT molecular complexity index is 723. The number of nitrogens with zero attached hydrogens (tertiary/aromatic N) is 1. The van der Waals surface area contributed by atoms with Gasteiger partial charge in [-0.1, -0.05) is 6.07 Å². The monoisotopic (exact) mass is 360 g/mol. The van der Waals surface area contributed by atoms with Crippen molar-refractivity contribution >= 4 is 17.7 Å². The molecule has 140 valence electrons. The van der Waals surface area contributed by atoms with Gasteiger partial charge in [0.2, 0.25) is 0 Å². The van der Waals surface area contributed by atoms with E-state index in [1.54, 1.807) is 20.4 Å². The van der Waals surface area contributed by atoms with E-state index in [0.29, 0.717) is 23.9 Å². The third kappa shape index (κ3) is 7.08. The fraction of sp³-hybridized carbons (Fsp3) is 0.278. The highest BCUT2D eigenvalue weighted by atomic mass is 16.5. The fourth-order valence-corrected chi connectivity index (χ4v) is 2.06. The van der Waals surface area contributed by atoms with E-state index in [4.69, 9.17) is 24.8 Å². The summed E-state index contributed by atoms with van der Waals surface area (Å²) in [7, 11) is 3.22. The largest absolute Gasteiger partial charge is 0.496 e. The number of hydrogen-bond acceptors (Lipinski definition) is 5. The van der Waals surface area contributed by atoms with Crippen molar-refractivity contribution in [3.8, 4) is 11.5 Å². The minimum Gasteiger partial charge on any atom is -0.496 e. The Morgan fingerprint density at radius 1 is 1.23 bits per heavy atom. The second kappa shape index (κ2) is 10.5. The lowest BCUT2D eigenvalue weighted by Crippen LogP contribution is -2.29. The molecule has 8 nitrogen and oxygen atoms in total. The lowest BCUT2D eigenvalue weighted by atomic mass is 10.1. The molecule has 0 spiro atoms. The van der Waals surface area contributed by atoms with Crippen LogP contribution >= 0.6 is 0 Å².